The molecular formula is C38H51N3O3Si. The second kappa shape index (κ2) is 14.8. The summed E-state index contributed by atoms with van der Waals surface area (Å²) in [5.41, 5.74) is 2.78. The number of methoxy groups -OCH3 is 1. The summed E-state index contributed by atoms with van der Waals surface area (Å²) in [6, 6.07) is 27.1. The Kier molecular flexibility index (Phi) is 11.4. The molecular weight excluding hydrogens is 575 g/mol. The van der Waals surface area contributed by atoms with Gasteiger partial charge in [0.1, 0.15) is 5.41 Å². The van der Waals surface area contributed by atoms with Crippen LogP contribution in [0.2, 0.25) is 18.1 Å². The van der Waals surface area contributed by atoms with E-state index in [1.54, 1.807) is 0 Å². The van der Waals surface area contributed by atoms with Crippen molar-refractivity contribution in [3.8, 4) is 0 Å². The number of nitrogens with one attached hydrogen (secondary N) is 1. The molecule has 0 saturated heterocycles. The summed E-state index contributed by atoms with van der Waals surface area (Å²) in [7, 11) is -0.732. The van der Waals surface area contributed by atoms with Crippen molar-refractivity contribution in [2.24, 2.45) is 5.41 Å². The monoisotopic (exact) mass is 625 g/mol. The molecule has 2 atom stereocenters. The summed E-state index contributed by atoms with van der Waals surface area (Å²) in [5, 5.41) is 3.49. The van der Waals surface area contributed by atoms with E-state index < -0.39 is 19.3 Å². The van der Waals surface area contributed by atoms with E-state index in [4.69, 9.17) is 14.1 Å². The molecule has 3 aromatic rings. The normalized spacial score (nSPS) is 20.0. The number of benzene rings is 2. The average molecular weight is 626 g/mol. The van der Waals surface area contributed by atoms with E-state index in [1.165, 1.54) is 18.2 Å². The van der Waals surface area contributed by atoms with Crippen molar-refractivity contribution in [1.82, 2.24) is 15.2 Å². The molecule has 6 nitrogen and oxygen atoms in total. The predicted octanol–water partition coefficient (Wildman–Crippen LogP) is 7.48. The van der Waals surface area contributed by atoms with Crippen LogP contribution < -0.4 is 5.32 Å². The van der Waals surface area contributed by atoms with E-state index in [-0.39, 0.29) is 11.0 Å². The molecule has 0 spiro atoms. The molecule has 2 aromatic carbocycles. The first-order valence-electron chi connectivity index (χ1n) is 16.0. The lowest BCUT2D eigenvalue weighted by Gasteiger charge is -2.40. The van der Waals surface area contributed by atoms with Gasteiger partial charge in [0.15, 0.2) is 8.32 Å². The fourth-order valence-corrected chi connectivity index (χ4v) is 7.23. The van der Waals surface area contributed by atoms with Crippen molar-refractivity contribution in [1.29, 1.82) is 0 Å². The van der Waals surface area contributed by atoms with Crippen molar-refractivity contribution in [2.45, 2.75) is 77.0 Å². The summed E-state index contributed by atoms with van der Waals surface area (Å²) < 4.78 is 12.3. The Morgan fingerprint density at radius 1 is 0.956 bits per heavy atom. The van der Waals surface area contributed by atoms with Crippen LogP contribution in [-0.2, 0) is 40.0 Å². The maximum atomic E-state index is 13.4. The van der Waals surface area contributed by atoms with Gasteiger partial charge >= 0.3 is 5.97 Å². The maximum Gasteiger partial charge on any atom is 0.315 e. The first kappa shape index (κ1) is 34.5. The number of aromatic nitrogens is 1. The largest absolute Gasteiger partial charge is 0.468 e. The number of hydrogen-bond acceptors (Lipinski definition) is 6. The number of nitrogens with zero attached hydrogens (tertiary/aromatic N) is 2. The number of esters is 1. The lowest BCUT2D eigenvalue weighted by atomic mass is 9.94. The van der Waals surface area contributed by atoms with Crippen molar-refractivity contribution >= 4 is 14.3 Å². The third kappa shape index (κ3) is 8.67. The number of rotatable bonds is 16. The minimum atomic E-state index is -2.19. The SMILES string of the molecule is C=C[C@@]1(O[Si](C)(C)C(C)(C)C)C[C@@]1(Cc1cccc(CN(C/C=C/CNCc2ccccc2)Cc2ccccc2)n1)C(=O)OC. The summed E-state index contributed by atoms with van der Waals surface area (Å²) in [6.45, 7) is 19.1. The fraction of sp³-hybridized carbons (Fsp3) is 0.421. The van der Waals surface area contributed by atoms with Gasteiger partial charge in [0, 0.05) is 44.8 Å². The molecule has 0 bridgehead atoms. The number of ether oxygens (including phenoxy) is 1. The number of carbonyl (C=O) groups excluding carboxylic acids is 1. The molecule has 45 heavy (non-hydrogen) atoms. The predicted molar refractivity (Wildman–Crippen MR) is 186 cm³/mol. The van der Waals surface area contributed by atoms with Crippen LogP contribution in [0.5, 0.6) is 0 Å². The van der Waals surface area contributed by atoms with Crippen LogP contribution in [0.15, 0.2) is 104 Å². The molecule has 1 fully saturated rings. The third-order valence-corrected chi connectivity index (χ3v) is 13.8. The first-order chi connectivity index (χ1) is 21.4. The summed E-state index contributed by atoms with van der Waals surface area (Å²) >= 11 is 0. The topological polar surface area (TPSA) is 63.7 Å². The second-order valence-electron chi connectivity index (χ2n) is 13.7. The van der Waals surface area contributed by atoms with Crippen molar-refractivity contribution in [2.75, 3.05) is 20.2 Å². The van der Waals surface area contributed by atoms with Crippen LogP contribution in [0, 0.1) is 5.41 Å². The van der Waals surface area contributed by atoms with Gasteiger partial charge in [-0.15, -0.1) is 6.58 Å². The van der Waals surface area contributed by atoms with Gasteiger partial charge in [-0.3, -0.25) is 14.7 Å². The van der Waals surface area contributed by atoms with Crippen molar-refractivity contribution in [3.05, 3.63) is 126 Å². The standard InChI is InChI=1S/C38H51N3O3Si/c1-8-38(44-45(6,7)36(2,3)4)30-37(38,35(42)43-5)26-33-22-17-23-34(40-33)29-41(28-32-20-13-10-14-21-32)25-16-15-24-39-27-31-18-11-9-12-19-31/h8-23,39H,1,24-30H2,2-7H3/b16-15+/t37-,38+/m0/s1. The highest BCUT2D eigenvalue weighted by molar-refractivity contribution is 6.74. The third-order valence-electron chi connectivity index (χ3n) is 9.35. The van der Waals surface area contributed by atoms with Gasteiger partial charge in [-0.05, 0) is 47.8 Å². The van der Waals surface area contributed by atoms with Gasteiger partial charge in [0.25, 0.3) is 0 Å². The first-order valence-corrected chi connectivity index (χ1v) is 18.9. The molecule has 1 saturated carbocycles. The van der Waals surface area contributed by atoms with Gasteiger partial charge in [-0.1, -0.05) is 106 Å². The van der Waals surface area contributed by atoms with Crippen LogP contribution >= 0.6 is 0 Å². The molecule has 1 heterocycles. The molecule has 0 unspecified atom stereocenters. The van der Waals surface area contributed by atoms with Gasteiger partial charge < -0.3 is 14.5 Å². The van der Waals surface area contributed by atoms with E-state index in [1.807, 2.05) is 30.3 Å². The van der Waals surface area contributed by atoms with Gasteiger partial charge in [0.05, 0.1) is 18.4 Å². The Balaban J connectivity index is 1.47. The number of pyridine rings is 1. The molecule has 1 aliphatic rings. The molecule has 4 rings (SSSR count). The molecule has 1 N–H and O–H groups in total. The molecule has 7 heteroatoms. The minimum Gasteiger partial charge on any atom is -0.468 e. The molecule has 240 valence electrons. The van der Waals surface area contributed by atoms with Gasteiger partial charge in [-0.25, -0.2) is 0 Å². The number of hydrogen-bond donors (Lipinski definition) is 1. The zero-order chi connectivity index (χ0) is 32.6. The smallest absolute Gasteiger partial charge is 0.315 e. The Morgan fingerprint density at radius 3 is 2.22 bits per heavy atom. The van der Waals surface area contributed by atoms with E-state index in [9.17, 15) is 4.79 Å². The van der Waals surface area contributed by atoms with Crippen molar-refractivity contribution in [3.63, 3.8) is 0 Å². The zero-order valence-corrected chi connectivity index (χ0v) is 29.0. The van der Waals surface area contributed by atoms with Crippen LogP contribution in [0.4, 0.5) is 0 Å². The number of carbonyl (C=O) groups is 1. The second-order valence-corrected chi connectivity index (χ2v) is 18.5. The fourth-order valence-electron chi connectivity index (χ4n) is 5.66. The minimum absolute atomic E-state index is 0.000239. The Bertz CT molecular complexity index is 1440. The summed E-state index contributed by atoms with van der Waals surface area (Å²) in [6.07, 6.45) is 7.24. The van der Waals surface area contributed by atoms with E-state index >= 15 is 0 Å². The van der Waals surface area contributed by atoms with Crippen LogP contribution in [0.1, 0.15) is 49.7 Å². The van der Waals surface area contributed by atoms with Gasteiger partial charge in [0.2, 0.25) is 0 Å². The highest BCUT2D eigenvalue weighted by atomic mass is 28.4. The Morgan fingerprint density at radius 2 is 1.60 bits per heavy atom. The molecule has 0 amide bonds. The molecule has 1 aliphatic carbocycles. The highest BCUT2D eigenvalue weighted by Gasteiger charge is 2.74. The molecule has 0 aliphatic heterocycles. The maximum absolute atomic E-state index is 13.4. The zero-order valence-electron chi connectivity index (χ0n) is 28.0. The average Bonchev–Trinajstić information content (AvgIpc) is 3.65. The van der Waals surface area contributed by atoms with Crippen molar-refractivity contribution < 1.29 is 14.0 Å². The van der Waals surface area contributed by atoms with Crippen LogP contribution in [0.25, 0.3) is 0 Å². The quantitative estimate of drug-likeness (QED) is 0.0771. The Labute approximate surface area is 271 Å². The van der Waals surface area contributed by atoms with Crippen LogP contribution in [0.3, 0.4) is 0 Å². The molecule has 1 aromatic heterocycles. The van der Waals surface area contributed by atoms with Gasteiger partial charge in [-0.2, -0.15) is 0 Å². The summed E-state index contributed by atoms with van der Waals surface area (Å²) in [4.78, 5) is 20.8. The van der Waals surface area contributed by atoms with Crippen LogP contribution in [-0.4, -0.2) is 50.0 Å². The van der Waals surface area contributed by atoms with E-state index in [2.05, 4.69) is 117 Å². The Hall–Kier alpha value is -3.36. The lowest BCUT2D eigenvalue weighted by Crippen LogP contribution is -2.47. The highest BCUT2D eigenvalue weighted by Crippen LogP contribution is 2.64. The molecule has 0 radical (unpaired) electrons. The lowest BCUT2D eigenvalue weighted by molar-refractivity contribution is -0.149. The van der Waals surface area contributed by atoms with E-state index in [0.717, 1.165) is 37.6 Å². The van der Waals surface area contributed by atoms with E-state index in [0.29, 0.717) is 19.4 Å². The summed E-state index contributed by atoms with van der Waals surface area (Å²) in [5.74, 6) is -0.259.